The van der Waals surface area contributed by atoms with Crippen molar-refractivity contribution >= 4 is 12.0 Å². The third kappa shape index (κ3) is 5.26. The highest BCUT2D eigenvalue weighted by Gasteiger charge is 2.13. The molecule has 0 bridgehead atoms. The quantitative estimate of drug-likeness (QED) is 0.826. The number of ether oxygens (including phenoxy) is 1. The van der Waals surface area contributed by atoms with Gasteiger partial charge in [0.15, 0.2) is 0 Å². The van der Waals surface area contributed by atoms with Crippen LogP contribution >= 0.6 is 0 Å². The highest BCUT2D eigenvalue weighted by atomic mass is 16.5. The lowest BCUT2D eigenvalue weighted by Gasteiger charge is -2.21. The third-order valence-corrected chi connectivity index (χ3v) is 3.42. The zero-order chi connectivity index (χ0) is 13.3. The molecule has 1 aromatic rings. The number of carbonyl (C=O) groups is 1. The molecule has 1 aliphatic rings. The second-order valence-electron chi connectivity index (χ2n) is 4.88. The van der Waals surface area contributed by atoms with Crippen LogP contribution in [0.5, 0.6) is 0 Å². The van der Waals surface area contributed by atoms with Crippen LogP contribution < -0.4 is 5.32 Å². The van der Waals surface area contributed by atoms with Gasteiger partial charge < -0.3 is 10.1 Å². The molecule has 2 rings (SSSR count). The van der Waals surface area contributed by atoms with Gasteiger partial charge in [0, 0.05) is 25.8 Å². The van der Waals surface area contributed by atoms with Gasteiger partial charge in [-0.1, -0.05) is 30.3 Å². The van der Waals surface area contributed by atoms with Crippen LogP contribution in [0.25, 0.3) is 6.08 Å². The molecule has 1 saturated heterocycles. The molecule has 0 radical (unpaired) electrons. The zero-order valence-corrected chi connectivity index (χ0v) is 11.2. The molecule has 0 aromatic heterocycles. The lowest BCUT2D eigenvalue weighted by atomic mass is 9.97. The van der Waals surface area contributed by atoms with E-state index in [0.717, 1.165) is 44.6 Å². The van der Waals surface area contributed by atoms with E-state index < -0.39 is 0 Å². The van der Waals surface area contributed by atoms with Gasteiger partial charge in [-0.3, -0.25) is 4.79 Å². The van der Waals surface area contributed by atoms with Crippen LogP contribution in [0.1, 0.15) is 24.8 Å². The average molecular weight is 259 g/mol. The Balaban J connectivity index is 1.65. The van der Waals surface area contributed by atoms with E-state index in [-0.39, 0.29) is 5.91 Å². The zero-order valence-electron chi connectivity index (χ0n) is 11.2. The molecular weight excluding hydrogens is 238 g/mol. The van der Waals surface area contributed by atoms with Gasteiger partial charge in [-0.05, 0) is 36.8 Å². The first-order valence-electron chi connectivity index (χ1n) is 6.93. The Kier molecular flexibility index (Phi) is 5.63. The summed E-state index contributed by atoms with van der Waals surface area (Å²) in [4.78, 5) is 11.6. The van der Waals surface area contributed by atoms with E-state index in [9.17, 15) is 4.79 Å². The van der Waals surface area contributed by atoms with Gasteiger partial charge in [0.1, 0.15) is 0 Å². The number of amides is 1. The van der Waals surface area contributed by atoms with Crippen LogP contribution in [0, 0.1) is 5.92 Å². The molecule has 1 fully saturated rings. The smallest absolute Gasteiger partial charge is 0.243 e. The predicted molar refractivity (Wildman–Crippen MR) is 76.6 cm³/mol. The lowest BCUT2D eigenvalue weighted by molar-refractivity contribution is -0.116. The maximum Gasteiger partial charge on any atom is 0.243 e. The Labute approximate surface area is 114 Å². The molecule has 3 nitrogen and oxygen atoms in total. The van der Waals surface area contributed by atoms with Crippen molar-refractivity contribution in [3.8, 4) is 0 Å². The molecule has 1 aromatic carbocycles. The highest BCUT2D eigenvalue weighted by Crippen LogP contribution is 2.17. The molecule has 1 aliphatic heterocycles. The summed E-state index contributed by atoms with van der Waals surface area (Å²) in [7, 11) is 0. The third-order valence-electron chi connectivity index (χ3n) is 3.42. The molecule has 3 heteroatoms. The minimum absolute atomic E-state index is 0.0177. The summed E-state index contributed by atoms with van der Waals surface area (Å²) in [5, 5.41) is 2.93. The Morgan fingerprint density at radius 1 is 1.26 bits per heavy atom. The first-order valence-corrected chi connectivity index (χ1v) is 6.93. The molecule has 19 heavy (non-hydrogen) atoms. The van der Waals surface area contributed by atoms with Crippen LogP contribution in [0.15, 0.2) is 36.4 Å². The second-order valence-corrected chi connectivity index (χ2v) is 4.88. The first-order chi connectivity index (χ1) is 9.34. The minimum Gasteiger partial charge on any atom is -0.381 e. The molecule has 0 saturated carbocycles. The minimum atomic E-state index is -0.0177. The van der Waals surface area contributed by atoms with Gasteiger partial charge >= 0.3 is 0 Å². The number of hydrogen-bond acceptors (Lipinski definition) is 2. The van der Waals surface area contributed by atoms with Gasteiger partial charge in [0.05, 0.1) is 0 Å². The standard InChI is InChI=1S/C16H21NO2/c18-16(7-6-14-4-2-1-3-5-14)17-11-8-15-9-12-19-13-10-15/h1-7,15H,8-13H2,(H,17,18)/b7-6+. The Morgan fingerprint density at radius 2 is 2.00 bits per heavy atom. The van der Waals surface area contributed by atoms with E-state index in [2.05, 4.69) is 5.32 Å². The number of nitrogens with one attached hydrogen (secondary N) is 1. The summed E-state index contributed by atoms with van der Waals surface area (Å²) >= 11 is 0. The predicted octanol–water partition coefficient (Wildman–Crippen LogP) is 2.63. The average Bonchev–Trinajstić information content (AvgIpc) is 2.47. The Bertz CT molecular complexity index is 408. The molecule has 0 aliphatic carbocycles. The maximum absolute atomic E-state index is 11.6. The number of hydrogen-bond donors (Lipinski definition) is 1. The number of benzene rings is 1. The molecule has 1 N–H and O–H groups in total. The highest BCUT2D eigenvalue weighted by molar-refractivity contribution is 5.91. The van der Waals surface area contributed by atoms with Crippen molar-refractivity contribution in [2.24, 2.45) is 5.92 Å². The summed E-state index contributed by atoms with van der Waals surface area (Å²) in [6.07, 6.45) is 6.73. The second kappa shape index (κ2) is 7.74. The number of carbonyl (C=O) groups excluding carboxylic acids is 1. The van der Waals surface area contributed by atoms with E-state index in [1.165, 1.54) is 0 Å². The van der Waals surface area contributed by atoms with Gasteiger partial charge in [-0.25, -0.2) is 0 Å². The fourth-order valence-corrected chi connectivity index (χ4v) is 2.23. The molecule has 1 heterocycles. The Morgan fingerprint density at radius 3 is 2.74 bits per heavy atom. The first kappa shape index (κ1) is 13.8. The topological polar surface area (TPSA) is 38.3 Å². The SMILES string of the molecule is O=C(/C=C/c1ccccc1)NCCC1CCOCC1. The summed E-state index contributed by atoms with van der Waals surface area (Å²) < 4.78 is 5.32. The summed E-state index contributed by atoms with van der Waals surface area (Å²) in [6, 6.07) is 9.84. The molecule has 0 unspecified atom stereocenters. The van der Waals surface area contributed by atoms with Crippen molar-refractivity contribution < 1.29 is 9.53 Å². The van der Waals surface area contributed by atoms with Crippen molar-refractivity contribution in [3.63, 3.8) is 0 Å². The fraction of sp³-hybridized carbons (Fsp3) is 0.438. The van der Waals surface area contributed by atoms with Crippen molar-refractivity contribution in [2.75, 3.05) is 19.8 Å². The van der Waals surface area contributed by atoms with E-state index in [1.54, 1.807) is 6.08 Å². The summed E-state index contributed by atoms with van der Waals surface area (Å²) in [6.45, 7) is 2.49. The maximum atomic E-state index is 11.6. The molecule has 102 valence electrons. The van der Waals surface area contributed by atoms with Crippen LogP contribution in [-0.4, -0.2) is 25.7 Å². The monoisotopic (exact) mass is 259 g/mol. The van der Waals surface area contributed by atoms with Crippen molar-refractivity contribution in [1.82, 2.24) is 5.32 Å². The van der Waals surface area contributed by atoms with E-state index in [1.807, 2.05) is 36.4 Å². The normalized spacial score (nSPS) is 16.6. The summed E-state index contributed by atoms with van der Waals surface area (Å²) in [5.41, 5.74) is 1.04. The molecule has 1 amide bonds. The van der Waals surface area contributed by atoms with Gasteiger partial charge in [-0.2, -0.15) is 0 Å². The van der Waals surface area contributed by atoms with Gasteiger partial charge in [-0.15, -0.1) is 0 Å². The number of rotatable bonds is 5. The van der Waals surface area contributed by atoms with Crippen LogP contribution in [0.4, 0.5) is 0 Å². The largest absolute Gasteiger partial charge is 0.381 e. The van der Waals surface area contributed by atoms with E-state index in [0.29, 0.717) is 5.92 Å². The Hall–Kier alpha value is -1.61. The van der Waals surface area contributed by atoms with Crippen LogP contribution in [0.3, 0.4) is 0 Å². The molecule has 0 atom stereocenters. The summed E-state index contributed by atoms with van der Waals surface area (Å²) in [5.74, 6) is 0.683. The molecular formula is C16H21NO2. The van der Waals surface area contributed by atoms with E-state index in [4.69, 9.17) is 4.74 Å². The fourth-order valence-electron chi connectivity index (χ4n) is 2.23. The van der Waals surface area contributed by atoms with Crippen molar-refractivity contribution in [1.29, 1.82) is 0 Å². The van der Waals surface area contributed by atoms with Gasteiger partial charge in [0.25, 0.3) is 0 Å². The van der Waals surface area contributed by atoms with Crippen molar-refractivity contribution in [2.45, 2.75) is 19.3 Å². The van der Waals surface area contributed by atoms with Crippen LogP contribution in [0.2, 0.25) is 0 Å². The van der Waals surface area contributed by atoms with Gasteiger partial charge in [0.2, 0.25) is 5.91 Å². The lowest BCUT2D eigenvalue weighted by Crippen LogP contribution is -2.26. The molecule has 0 spiro atoms. The van der Waals surface area contributed by atoms with Crippen molar-refractivity contribution in [3.05, 3.63) is 42.0 Å². The van der Waals surface area contributed by atoms with E-state index >= 15 is 0 Å². The van der Waals surface area contributed by atoms with Crippen LogP contribution in [-0.2, 0) is 9.53 Å².